The number of nitrogens with zero attached hydrogens (tertiary/aromatic N) is 1. The van der Waals surface area contributed by atoms with Gasteiger partial charge in [-0.1, -0.05) is 57.2 Å². The molecule has 0 spiro atoms. The number of nitrogens with one attached hydrogen (secondary N) is 1. The normalized spacial score (nSPS) is 11.3. The Hall–Kier alpha value is -2.88. The first kappa shape index (κ1) is 17.0. The van der Waals surface area contributed by atoms with Crippen molar-refractivity contribution in [2.24, 2.45) is 0 Å². The number of aromatic nitrogens is 1. The molecule has 2 aromatic carbocycles. The van der Waals surface area contributed by atoms with E-state index in [1.54, 1.807) is 0 Å². The Bertz CT molecular complexity index is 861. The van der Waals surface area contributed by atoms with Crippen molar-refractivity contribution in [3.63, 3.8) is 0 Å². The second-order valence-electron chi connectivity index (χ2n) is 7.03. The lowest BCUT2D eigenvalue weighted by Crippen LogP contribution is -2.20. The Labute approximate surface area is 147 Å². The van der Waals surface area contributed by atoms with Gasteiger partial charge in [-0.3, -0.25) is 4.79 Å². The molecule has 0 aliphatic carbocycles. The van der Waals surface area contributed by atoms with E-state index < -0.39 is 0 Å². The van der Waals surface area contributed by atoms with Crippen LogP contribution in [0.5, 0.6) is 0 Å². The number of carbonyl (C=O) groups is 1. The zero-order valence-electron chi connectivity index (χ0n) is 14.7. The van der Waals surface area contributed by atoms with Crippen LogP contribution in [-0.2, 0) is 16.6 Å². The molecular weight excluding hydrogens is 312 g/mol. The van der Waals surface area contributed by atoms with Crippen LogP contribution in [-0.4, -0.2) is 10.9 Å². The van der Waals surface area contributed by atoms with E-state index in [-0.39, 0.29) is 17.7 Å². The summed E-state index contributed by atoms with van der Waals surface area (Å²) in [4.78, 5) is 16.8. The molecule has 3 aromatic rings. The molecule has 3 rings (SSSR count). The van der Waals surface area contributed by atoms with Crippen LogP contribution in [0.25, 0.3) is 11.5 Å². The molecule has 1 amide bonds. The van der Waals surface area contributed by atoms with Crippen molar-refractivity contribution in [1.29, 1.82) is 0 Å². The third kappa shape index (κ3) is 4.15. The molecule has 1 N–H and O–H groups in total. The fourth-order valence-corrected chi connectivity index (χ4v) is 2.71. The van der Waals surface area contributed by atoms with Crippen LogP contribution in [0, 0.1) is 0 Å². The van der Waals surface area contributed by atoms with Crippen molar-refractivity contribution in [2.45, 2.75) is 32.6 Å². The summed E-state index contributed by atoms with van der Waals surface area (Å²) in [6.45, 7) is 6.38. The number of rotatable bonds is 4. The second kappa shape index (κ2) is 6.93. The van der Waals surface area contributed by atoms with Crippen molar-refractivity contribution in [3.05, 3.63) is 72.1 Å². The fourth-order valence-electron chi connectivity index (χ4n) is 2.71. The second-order valence-corrected chi connectivity index (χ2v) is 7.03. The minimum absolute atomic E-state index is 0.0434. The van der Waals surface area contributed by atoms with E-state index >= 15 is 0 Å². The predicted molar refractivity (Wildman–Crippen MR) is 99.4 cm³/mol. The Morgan fingerprint density at radius 3 is 2.44 bits per heavy atom. The van der Waals surface area contributed by atoms with Crippen LogP contribution < -0.4 is 5.32 Å². The summed E-state index contributed by atoms with van der Waals surface area (Å²) in [5, 5.41) is 2.99. The molecule has 0 saturated carbocycles. The monoisotopic (exact) mass is 334 g/mol. The number of oxazole rings is 1. The van der Waals surface area contributed by atoms with Gasteiger partial charge in [-0.2, -0.15) is 0 Å². The third-order valence-corrected chi connectivity index (χ3v) is 3.92. The number of anilines is 1. The number of hydrogen-bond donors (Lipinski definition) is 1. The maximum absolute atomic E-state index is 12.4. The van der Waals surface area contributed by atoms with E-state index in [2.05, 4.69) is 31.1 Å². The fraction of sp³-hybridized carbons (Fsp3) is 0.238. The summed E-state index contributed by atoms with van der Waals surface area (Å²) >= 11 is 0. The summed E-state index contributed by atoms with van der Waals surface area (Å²) in [5.74, 6) is 0.420. The van der Waals surface area contributed by atoms with Gasteiger partial charge in [0.05, 0.1) is 12.1 Å². The van der Waals surface area contributed by atoms with Gasteiger partial charge in [0, 0.05) is 11.3 Å². The highest BCUT2D eigenvalue weighted by atomic mass is 16.3. The van der Waals surface area contributed by atoms with Crippen molar-refractivity contribution >= 4 is 11.6 Å². The van der Waals surface area contributed by atoms with E-state index in [0.29, 0.717) is 11.6 Å². The molecule has 4 heteroatoms. The molecule has 4 nitrogen and oxygen atoms in total. The lowest BCUT2D eigenvalue weighted by atomic mass is 9.86. The summed E-state index contributed by atoms with van der Waals surface area (Å²) in [7, 11) is 0. The van der Waals surface area contributed by atoms with Crippen LogP contribution in [0.3, 0.4) is 0 Å². The van der Waals surface area contributed by atoms with Gasteiger partial charge in [0.1, 0.15) is 6.26 Å². The number of amides is 1. The number of para-hydroxylation sites is 1. The van der Waals surface area contributed by atoms with Crippen molar-refractivity contribution < 1.29 is 9.21 Å². The molecule has 0 saturated heterocycles. The van der Waals surface area contributed by atoms with Gasteiger partial charge in [0.25, 0.3) is 0 Å². The van der Waals surface area contributed by atoms with Crippen LogP contribution in [0.1, 0.15) is 32.0 Å². The zero-order chi connectivity index (χ0) is 17.9. The van der Waals surface area contributed by atoms with Crippen molar-refractivity contribution in [2.75, 3.05) is 5.32 Å². The van der Waals surface area contributed by atoms with Gasteiger partial charge in [0.15, 0.2) is 0 Å². The minimum Gasteiger partial charge on any atom is -0.444 e. The first-order valence-electron chi connectivity index (χ1n) is 8.32. The maximum atomic E-state index is 12.4. The molecule has 1 aromatic heterocycles. The highest BCUT2D eigenvalue weighted by Crippen LogP contribution is 2.29. The topological polar surface area (TPSA) is 55.1 Å². The van der Waals surface area contributed by atoms with E-state index in [0.717, 1.165) is 16.8 Å². The highest BCUT2D eigenvalue weighted by Gasteiger charge is 2.19. The van der Waals surface area contributed by atoms with E-state index in [1.807, 2.05) is 54.6 Å². The molecule has 0 unspecified atom stereocenters. The molecule has 0 radical (unpaired) electrons. The van der Waals surface area contributed by atoms with Crippen molar-refractivity contribution in [1.82, 2.24) is 4.98 Å². The van der Waals surface area contributed by atoms with Gasteiger partial charge in [-0.15, -0.1) is 0 Å². The molecule has 0 aliphatic rings. The lowest BCUT2D eigenvalue weighted by molar-refractivity contribution is -0.115. The molecule has 0 bridgehead atoms. The average molecular weight is 334 g/mol. The van der Waals surface area contributed by atoms with E-state index in [9.17, 15) is 4.79 Å². The largest absolute Gasteiger partial charge is 0.444 e. The lowest BCUT2D eigenvalue weighted by Gasteiger charge is -2.22. The first-order chi connectivity index (χ1) is 11.9. The SMILES string of the molecule is CC(C)(C)c1ccccc1NC(=O)Cc1coc(-c2ccccc2)n1. The number of carbonyl (C=O) groups excluding carboxylic acids is 1. The molecule has 0 atom stereocenters. The van der Waals surface area contributed by atoms with Crippen LogP contribution in [0.4, 0.5) is 5.69 Å². The quantitative estimate of drug-likeness (QED) is 0.744. The summed E-state index contributed by atoms with van der Waals surface area (Å²) in [5.41, 5.74) is 3.41. The Morgan fingerprint density at radius 2 is 1.72 bits per heavy atom. The standard InChI is InChI=1S/C21H22N2O2/c1-21(2,3)17-11-7-8-12-18(17)23-19(24)13-16-14-25-20(22-16)15-9-5-4-6-10-15/h4-12,14H,13H2,1-3H3,(H,23,24). The van der Waals surface area contributed by atoms with Crippen molar-refractivity contribution in [3.8, 4) is 11.5 Å². The van der Waals surface area contributed by atoms with Crippen LogP contribution in [0.15, 0.2) is 65.3 Å². The average Bonchev–Trinajstić information content (AvgIpc) is 3.03. The molecular formula is C21H22N2O2. The van der Waals surface area contributed by atoms with Gasteiger partial charge in [-0.05, 0) is 29.2 Å². The number of benzene rings is 2. The van der Waals surface area contributed by atoms with Gasteiger partial charge in [-0.25, -0.2) is 4.98 Å². The molecule has 1 heterocycles. The first-order valence-corrected chi connectivity index (χ1v) is 8.32. The summed E-state index contributed by atoms with van der Waals surface area (Å²) in [6, 6.07) is 17.5. The highest BCUT2D eigenvalue weighted by molar-refractivity contribution is 5.93. The summed E-state index contributed by atoms with van der Waals surface area (Å²) in [6.07, 6.45) is 1.71. The Kier molecular flexibility index (Phi) is 4.70. The van der Waals surface area contributed by atoms with Crippen LogP contribution in [0.2, 0.25) is 0 Å². The molecule has 0 aliphatic heterocycles. The Morgan fingerprint density at radius 1 is 1.04 bits per heavy atom. The van der Waals surface area contributed by atoms with E-state index in [1.165, 1.54) is 6.26 Å². The van der Waals surface area contributed by atoms with E-state index in [4.69, 9.17) is 4.42 Å². The molecule has 25 heavy (non-hydrogen) atoms. The predicted octanol–water partition coefficient (Wildman–Crippen LogP) is 4.82. The summed E-state index contributed by atoms with van der Waals surface area (Å²) < 4.78 is 5.49. The maximum Gasteiger partial charge on any atom is 0.230 e. The van der Waals surface area contributed by atoms with Gasteiger partial charge < -0.3 is 9.73 Å². The number of hydrogen-bond acceptors (Lipinski definition) is 3. The smallest absolute Gasteiger partial charge is 0.230 e. The van der Waals surface area contributed by atoms with Crippen LogP contribution >= 0.6 is 0 Å². The van der Waals surface area contributed by atoms with Gasteiger partial charge >= 0.3 is 0 Å². The minimum atomic E-state index is -0.107. The molecule has 128 valence electrons. The van der Waals surface area contributed by atoms with Gasteiger partial charge in [0.2, 0.25) is 11.8 Å². The Balaban J connectivity index is 1.71. The molecule has 0 fully saturated rings. The third-order valence-electron chi connectivity index (χ3n) is 3.92. The zero-order valence-corrected chi connectivity index (χ0v) is 14.7.